The lowest BCUT2D eigenvalue weighted by molar-refractivity contribution is -0.385. The van der Waals surface area contributed by atoms with E-state index in [1.807, 2.05) is 13.1 Å². The highest BCUT2D eigenvalue weighted by atomic mass is 16.6. The van der Waals surface area contributed by atoms with Crippen molar-refractivity contribution in [2.24, 2.45) is 0 Å². The molecule has 6 nitrogen and oxygen atoms in total. The first-order chi connectivity index (χ1) is 10.2. The van der Waals surface area contributed by atoms with Gasteiger partial charge >= 0.3 is 0 Å². The van der Waals surface area contributed by atoms with Gasteiger partial charge in [0.2, 0.25) is 0 Å². The van der Waals surface area contributed by atoms with Crippen LogP contribution in [0.5, 0.6) is 0 Å². The van der Waals surface area contributed by atoms with Gasteiger partial charge in [0.25, 0.3) is 5.69 Å². The number of benzene rings is 1. The minimum absolute atomic E-state index is 0.120. The van der Waals surface area contributed by atoms with Crippen molar-refractivity contribution in [2.75, 3.05) is 25.0 Å². The molecule has 1 saturated heterocycles. The molecular formula is C15H20N4O2. The first-order valence-corrected chi connectivity index (χ1v) is 7.27. The average Bonchev–Trinajstić information content (AvgIpc) is 2.52. The monoisotopic (exact) mass is 288 g/mol. The molecule has 1 unspecified atom stereocenters. The fourth-order valence-corrected chi connectivity index (χ4v) is 2.90. The molecule has 0 bridgehead atoms. The Morgan fingerprint density at radius 1 is 1.52 bits per heavy atom. The van der Waals surface area contributed by atoms with E-state index in [2.05, 4.69) is 10.2 Å². The maximum Gasteiger partial charge on any atom is 0.287 e. The van der Waals surface area contributed by atoms with Crippen LogP contribution in [0.1, 0.15) is 31.2 Å². The van der Waals surface area contributed by atoms with Crippen molar-refractivity contribution in [2.45, 2.75) is 31.7 Å². The number of anilines is 1. The smallest absolute Gasteiger partial charge is 0.287 e. The molecule has 1 N–H and O–H groups in total. The van der Waals surface area contributed by atoms with E-state index in [0.717, 1.165) is 38.0 Å². The molecule has 1 heterocycles. The topological polar surface area (TPSA) is 82.2 Å². The summed E-state index contributed by atoms with van der Waals surface area (Å²) >= 11 is 0. The van der Waals surface area contributed by atoms with Gasteiger partial charge in [-0.2, -0.15) is 5.26 Å². The fraction of sp³-hybridized carbons (Fsp3) is 0.533. The summed E-state index contributed by atoms with van der Waals surface area (Å²) in [6.45, 7) is 1.89. The number of nitrogens with one attached hydrogen (secondary N) is 1. The van der Waals surface area contributed by atoms with Gasteiger partial charge in [0.15, 0.2) is 0 Å². The number of nitro groups is 1. The van der Waals surface area contributed by atoms with Gasteiger partial charge < -0.3 is 10.2 Å². The Bertz CT molecular complexity index is 553. The Hall–Kier alpha value is -2.13. The van der Waals surface area contributed by atoms with Crippen LogP contribution in [0.15, 0.2) is 18.2 Å². The molecule has 112 valence electrons. The van der Waals surface area contributed by atoms with Gasteiger partial charge in [-0.05, 0) is 51.4 Å². The zero-order chi connectivity index (χ0) is 15.2. The molecule has 0 saturated carbocycles. The van der Waals surface area contributed by atoms with Crippen molar-refractivity contribution in [3.63, 3.8) is 0 Å². The molecule has 0 amide bonds. The fourth-order valence-electron chi connectivity index (χ4n) is 2.90. The normalized spacial score (nSPS) is 18.3. The molecule has 1 aliphatic heterocycles. The highest BCUT2D eigenvalue weighted by Gasteiger charge is 2.24. The Balaban J connectivity index is 2.26. The summed E-state index contributed by atoms with van der Waals surface area (Å²) in [5.74, 6) is 0. The molecule has 1 atom stereocenters. The Morgan fingerprint density at radius 2 is 2.33 bits per heavy atom. The third kappa shape index (κ3) is 3.50. The molecule has 2 rings (SSSR count). The van der Waals surface area contributed by atoms with Crippen molar-refractivity contribution in [1.82, 2.24) is 5.32 Å². The van der Waals surface area contributed by atoms with E-state index < -0.39 is 4.92 Å². The number of hydrogen-bond donors (Lipinski definition) is 1. The van der Waals surface area contributed by atoms with Gasteiger partial charge in [-0.1, -0.05) is 0 Å². The first kappa shape index (κ1) is 15.3. The van der Waals surface area contributed by atoms with Crippen molar-refractivity contribution < 1.29 is 4.92 Å². The Kier molecular flexibility index (Phi) is 5.12. The van der Waals surface area contributed by atoms with Crippen LogP contribution in [0.4, 0.5) is 11.4 Å². The lowest BCUT2D eigenvalue weighted by Crippen LogP contribution is -2.41. The third-order valence-corrected chi connectivity index (χ3v) is 3.98. The first-order valence-electron chi connectivity index (χ1n) is 7.27. The zero-order valence-electron chi connectivity index (χ0n) is 12.2. The number of nitriles is 1. The second-order valence-corrected chi connectivity index (χ2v) is 5.31. The van der Waals surface area contributed by atoms with Crippen molar-refractivity contribution in [1.29, 1.82) is 5.26 Å². The van der Waals surface area contributed by atoms with E-state index in [1.165, 1.54) is 12.5 Å². The lowest BCUT2D eigenvalue weighted by atomic mass is 9.98. The van der Waals surface area contributed by atoms with Crippen LogP contribution in [0.25, 0.3) is 0 Å². The molecular weight excluding hydrogens is 268 g/mol. The van der Waals surface area contributed by atoms with E-state index in [9.17, 15) is 10.1 Å². The minimum atomic E-state index is -0.503. The van der Waals surface area contributed by atoms with Crippen molar-refractivity contribution >= 4 is 11.4 Å². The van der Waals surface area contributed by atoms with Gasteiger partial charge in [0.1, 0.15) is 11.6 Å². The number of hydrogen-bond acceptors (Lipinski definition) is 5. The quantitative estimate of drug-likeness (QED) is 0.664. The van der Waals surface area contributed by atoms with Crippen LogP contribution in [0.3, 0.4) is 0 Å². The zero-order valence-corrected chi connectivity index (χ0v) is 12.2. The number of nitro benzene ring substituents is 1. The van der Waals surface area contributed by atoms with Crippen LogP contribution in [0, 0.1) is 21.4 Å². The van der Waals surface area contributed by atoms with Gasteiger partial charge in [-0.15, -0.1) is 0 Å². The molecule has 1 aliphatic rings. The van der Waals surface area contributed by atoms with Crippen LogP contribution in [0.2, 0.25) is 0 Å². The standard InChI is InChI=1S/C15H20N4O2/c1-17-8-7-13-4-2-3-9-18(13)14-5-6-15(19(20)21)12(10-14)11-16/h5-6,10,13,17H,2-4,7-9H2,1H3. The minimum Gasteiger partial charge on any atom is -0.368 e. The van der Waals surface area contributed by atoms with Gasteiger partial charge in [0.05, 0.1) is 4.92 Å². The summed E-state index contributed by atoms with van der Waals surface area (Å²) in [7, 11) is 1.94. The summed E-state index contributed by atoms with van der Waals surface area (Å²) in [6.07, 6.45) is 4.49. The van der Waals surface area contributed by atoms with E-state index in [-0.39, 0.29) is 11.3 Å². The maximum absolute atomic E-state index is 10.9. The van der Waals surface area contributed by atoms with E-state index in [4.69, 9.17) is 5.26 Å². The van der Waals surface area contributed by atoms with Crippen molar-refractivity contribution in [3.8, 4) is 6.07 Å². The number of nitrogens with zero attached hydrogens (tertiary/aromatic N) is 3. The van der Waals surface area contributed by atoms with Crippen molar-refractivity contribution in [3.05, 3.63) is 33.9 Å². The second kappa shape index (κ2) is 7.04. The van der Waals surface area contributed by atoms with Gasteiger partial charge in [0, 0.05) is 24.3 Å². The molecule has 1 aromatic rings. The molecule has 0 aliphatic carbocycles. The van der Waals surface area contributed by atoms with E-state index in [1.54, 1.807) is 12.1 Å². The molecule has 1 fully saturated rings. The SMILES string of the molecule is CNCCC1CCCCN1c1ccc([N+](=O)[O-])c(C#N)c1. The predicted octanol–water partition coefficient (Wildman–Crippen LogP) is 2.43. The van der Waals surface area contributed by atoms with Crippen LogP contribution in [-0.2, 0) is 0 Å². The van der Waals surface area contributed by atoms with E-state index >= 15 is 0 Å². The third-order valence-electron chi connectivity index (χ3n) is 3.98. The predicted molar refractivity (Wildman–Crippen MR) is 81.3 cm³/mol. The summed E-state index contributed by atoms with van der Waals surface area (Å²) in [5, 5.41) is 23.2. The van der Waals surface area contributed by atoms with E-state index in [0.29, 0.717) is 6.04 Å². The number of piperidine rings is 1. The Morgan fingerprint density at radius 3 is 3.00 bits per heavy atom. The van der Waals surface area contributed by atoms with Crippen LogP contribution in [-0.4, -0.2) is 31.1 Å². The molecule has 21 heavy (non-hydrogen) atoms. The number of rotatable bonds is 5. The maximum atomic E-state index is 10.9. The lowest BCUT2D eigenvalue weighted by Gasteiger charge is -2.37. The average molecular weight is 288 g/mol. The molecule has 0 aromatic heterocycles. The highest BCUT2D eigenvalue weighted by Crippen LogP contribution is 2.30. The molecule has 0 spiro atoms. The van der Waals surface area contributed by atoms with Crippen LogP contribution < -0.4 is 10.2 Å². The summed E-state index contributed by atoms with van der Waals surface area (Å²) in [6, 6.07) is 7.21. The second-order valence-electron chi connectivity index (χ2n) is 5.31. The largest absolute Gasteiger partial charge is 0.368 e. The Labute approximate surface area is 124 Å². The molecule has 6 heteroatoms. The molecule has 0 radical (unpaired) electrons. The van der Waals surface area contributed by atoms with Crippen LogP contribution >= 0.6 is 0 Å². The molecule has 1 aromatic carbocycles. The van der Waals surface area contributed by atoms with Gasteiger partial charge in [-0.3, -0.25) is 10.1 Å². The highest BCUT2D eigenvalue weighted by molar-refractivity contribution is 5.60. The summed E-state index contributed by atoms with van der Waals surface area (Å²) in [5.41, 5.74) is 0.929. The summed E-state index contributed by atoms with van der Waals surface area (Å²) in [4.78, 5) is 12.7. The van der Waals surface area contributed by atoms with Gasteiger partial charge in [-0.25, -0.2) is 0 Å². The summed E-state index contributed by atoms with van der Waals surface area (Å²) < 4.78 is 0.